The van der Waals surface area contributed by atoms with Gasteiger partial charge in [0.2, 0.25) is 0 Å². The van der Waals surface area contributed by atoms with Gasteiger partial charge in [-0.2, -0.15) is 0 Å². The molecule has 0 unspecified atom stereocenters. The van der Waals surface area contributed by atoms with Gasteiger partial charge in [0.1, 0.15) is 0 Å². The highest BCUT2D eigenvalue weighted by molar-refractivity contribution is 6.88. The molecular weight excluding hydrogens is 869 g/mol. The molecule has 0 atom stereocenters. The molecule has 0 aromatic heterocycles. The lowest BCUT2D eigenvalue weighted by Gasteiger charge is -2.37. The molecule has 0 aliphatic heterocycles. The van der Waals surface area contributed by atoms with Crippen LogP contribution in [0.5, 0.6) is 0 Å². The third-order valence-electron chi connectivity index (χ3n) is 10.9. The molecule has 354 valence electrons. The summed E-state index contributed by atoms with van der Waals surface area (Å²) in [5.74, 6) is -0.628. The van der Waals surface area contributed by atoms with E-state index in [2.05, 4.69) is 103 Å². The normalized spacial score (nSPS) is 13.1. The number of aryl methyl sites for hydroxylation is 2. The Morgan fingerprint density at radius 3 is 0.903 bits per heavy atom. The van der Waals surface area contributed by atoms with Gasteiger partial charge in [-0.1, -0.05) is 114 Å². The van der Waals surface area contributed by atoms with Gasteiger partial charge in [0, 0.05) is 11.1 Å². The standard InChI is InChI=1S/C48H92N2O6Si6/c1-57(2,3)53-61(11,12)55-59(7,8)41-29-25-21-17-15-19-23-27-31-43-33-37-45(38-34-43)47(51)49-50-48(52)46-39-35-44(36-40-46)32-28-24-20-16-18-22-26-30-42-60(9,10)56-62(13,14)54-58(4,5)6/h33-40H,15-32,41-42H2,1-14H3,(H,49,51)(H,50,52). The van der Waals surface area contributed by atoms with E-state index in [1.54, 1.807) is 0 Å². The van der Waals surface area contributed by atoms with Gasteiger partial charge in [-0.15, -0.1) is 0 Å². The maximum atomic E-state index is 12.8. The van der Waals surface area contributed by atoms with Crippen LogP contribution in [0.4, 0.5) is 0 Å². The highest BCUT2D eigenvalue weighted by Crippen LogP contribution is 2.27. The molecule has 0 radical (unpaired) electrons. The van der Waals surface area contributed by atoms with Crippen molar-refractivity contribution in [2.45, 2.75) is 219 Å². The van der Waals surface area contributed by atoms with Crippen molar-refractivity contribution in [1.82, 2.24) is 10.9 Å². The lowest BCUT2D eigenvalue weighted by molar-refractivity contribution is 0.0846. The van der Waals surface area contributed by atoms with E-state index in [9.17, 15) is 9.59 Å². The molecule has 8 nitrogen and oxygen atoms in total. The lowest BCUT2D eigenvalue weighted by Crippen LogP contribution is -2.51. The van der Waals surface area contributed by atoms with Crippen molar-refractivity contribution in [2.24, 2.45) is 0 Å². The molecule has 0 heterocycles. The van der Waals surface area contributed by atoms with Crippen molar-refractivity contribution in [3.63, 3.8) is 0 Å². The second kappa shape index (κ2) is 27.2. The second-order valence-electron chi connectivity index (χ2n) is 21.9. The molecule has 2 amide bonds. The first-order chi connectivity index (χ1) is 28.8. The van der Waals surface area contributed by atoms with Crippen LogP contribution in [0.1, 0.15) is 135 Å². The first-order valence-electron chi connectivity index (χ1n) is 24.3. The minimum Gasteiger partial charge on any atom is -0.437 e. The zero-order chi connectivity index (χ0) is 46.5. The van der Waals surface area contributed by atoms with Gasteiger partial charge in [-0.3, -0.25) is 20.4 Å². The fourth-order valence-corrected chi connectivity index (χ4v) is 35.3. The Balaban J connectivity index is 1.52. The van der Waals surface area contributed by atoms with E-state index in [0.29, 0.717) is 11.1 Å². The molecule has 0 bridgehead atoms. The average Bonchev–Trinajstić information content (AvgIpc) is 3.12. The van der Waals surface area contributed by atoms with Crippen LogP contribution >= 0.6 is 0 Å². The molecule has 2 aromatic carbocycles. The van der Waals surface area contributed by atoms with Crippen molar-refractivity contribution >= 4 is 62.2 Å². The predicted molar refractivity (Wildman–Crippen MR) is 280 cm³/mol. The summed E-state index contributed by atoms with van der Waals surface area (Å²) >= 11 is 0. The van der Waals surface area contributed by atoms with E-state index in [-0.39, 0.29) is 11.8 Å². The topological polar surface area (TPSA) is 95.1 Å². The Kier molecular flexibility index (Phi) is 24.9. The number of carbonyl (C=O) groups is 2. The Labute approximate surface area is 387 Å². The van der Waals surface area contributed by atoms with Crippen LogP contribution in [0.15, 0.2) is 48.5 Å². The molecule has 0 aliphatic carbocycles. The van der Waals surface area contributed by atoms with Gasteiger partial charge < -0.3 is 16.5 Å². The number of nitrogens with one attached hydrogen (secondary N) is 2. The van der Waals surface area contributed by atoms with Crippen LogP contribution < -0.4 is 10.9 Å². The van der Waals surface area contributed by atoms with E-state index >= 15 is 0 Å². The zero-order valence-electron chi connectivity index (χ0n) is 42.2. The van der Waals surface area contributed by atoms with Crippen LogP contribution in [-0.4, -0.2) is 62.2 Å². The Morgan fingerprint density at radius 2 is 0.629 bits per heavy atom. The van der Waals surface area contributed by atoms with Gasteiger partial charge in [0.15, 0.2) is 33.3 Å². The van der Waals surface area contributed by atoms with Crippen molar-refractivity contribution in [1.29, 1.82) is 0 Å². The number of unbranched alkanes of at least 4 members (excludes halogenated alkanes) is 14. The number of hydrogen-bond acceptors (Lipinski definition) is 6. The third kappa shape index (κ3) is 27.8. The van der Waals surface area contributed by atoms with Gasteiger partial charge in [-0.25, -0.2) is 0 Å². The fraction of sp³-hybridized carbons (Fsp3) is 0.708. The van der Waals surface area contributed by atoms with Crippen LogP contribution in [0.2, 0.25) is 104 Å². The first kappa shape index (κ1) is 56.7. The molecule has 2 N–H and O–H groups in total. The van der Waals surface area contributed by atoms with Crippen LogP contribution in [0, 0.1) is 0 Å². The minimum absolute atomic E-state index is 0.314. The van der Waals surface area contributed by atoms with Gasteiger partial charge in [0.25, 0.3) is 11.8 Å². The van der Waals surface area contributed by atoms with Crippen LogP contribution in [0.3, 0.4) is 0 Å². The molecule has 62 heavy (non-hydrogen) atoms. The largest absolute Gasteiger partial charge is 0.437 e. The summed E-state index contributed by atoms with van der Waals surface area (Å²) in [5.41, 5.74) is 8.71. The number of carbonyl (C=O) groups excluding carboxylic acids is 2. The Morgan fingerprint density at radius 1 is 0.371 bits per heavy atom. The number of hydrogen-bond donors (Lipinski definition) is 2. The van der Waals surface area contributed by atoms with Crippen LogP contribution in [-0.2, 0) is 29.3 Å². The van der Waals surface area contributed by atoms with E-state index in [4.69, 9.17) is 16.5 Å². The van der Waals surface area contributed by atoms with Crippen molar-refractivity contribution < 1.29 is 26.0 Å². The smallest absolute Gasteiger partial charge is 0.311 e. The van der Waals surface area contributed by atoms with E-state index in [0.717, 1.165) is 25.7 Å². The van der Waals surface area contributed by atoms with Crippen molar-refractivity contribution in [3.05, 3.63) is 70.8 Å². The highest BCUT2D eigenvalue weighted by Gasteiger charge is 2.38. The summed E-state index contributed by atoms with van der Waals surface area (Å²) in [6.07, 6.45) is 22.3. The predicted octanol–water partition coefficient (Wildman–Crippen LogP) is 14.6. The molecule has 2 aromatic rings. The summed E-state index contributed by atoms with van der Waals surface area (Å²) in [6.45, 7) is 31.8. The van der Waals surface area contributed by atoms with Gasteiger partial charge in [-0.05, 0) is 165 Å². The number of benzene rings is 2. The van der Waals surface area contributed by atoms with Crippen molar-refractivity contribution in [2.75, 3.05) is 0 Å². The monoisotopic (exact) mass is 961 g/mol. The lowest BCUT2D eigenvalue weighted by atomic mass is 10.0. The maximum absolute atomic E-state index is 12.8. The number of amides is 2. The minimum atomic E-state index is -2.05. The van der Waals surface area contributed by atoms with Crippen LogP contribution in [0.25, 0.3) is 0 Å². The van der Waals surface area contributed by atoms with Gasteiger partial charge in [0.05, 0.1) is 0 Å². The highest BCUT2D eigenvalue weighted by atomic mass is 28.5. The summed E-state index contributed by atoms with van der Waals surface area (Å²) in [7, 11) is -10.6. The van der Waals surface area contributed by atoms with E-state index in [1.165, 1.54) is 113 Å². The summed E-state index contributed by atoms with van der Waals surface area (Å²) < 4.78 is 26.2. The maximum Gasteiger partial charge on any atom is 0.311 e. The summed E-state index contributed by atoms with van der Waals surface area (Å²) in [6, 6.07) is 17.9. The summed E-state index contributed by atoms with van der Waals surface area (Å²) in [4.78, 5) is 25.5. The molecule has 0 spiro atoms. The molecular formula is C48H92N2O6Si6. The second-order valence-corrected chi connectivity index (χ2v) is 47.3. The average molecular weight is 962 g/mol. The molecule has 0 saturated heterocycles. The molecule has 2 rings (SSSR count). The Hall–Kier alpha value is -1.48. The van der Waals surface area contributed by atoms with E-state index in [1.807, 2.05) is 48.5 Å². The van der Waals surface area contributed by atoms with Gasteiger partial charge >= 0.3 is 17.1 Å². The quantitative estimate of drug-likeness (QED) is 0.0431. The Bertz CT molecular complexity index is 1460. The summed E-state index contributed by atoms with van der Waals surface area (Å²) in [5, 5.41) is 0. The molecule has 0 saturated carbocycles. The number of rotatable bonds is 32. The SMILES string of the molecule is C[Si](C)(C)O[Si](C)(C)O[Si](C)(C)CCCCCCCCCCc1ccc(C(=O)NNC(=O)c2ccc(CCCCCCCCCC[Si](C)(C)O[Si](C)(C)O[Si](C)(C)C)cc2)cc1. The van der Waals surface area contributed by atoms with Crippen molar-refractivity contribution in [3.8, 4) is 0 Å². The zero-order valence-corrected chi connectivity index (χ0v) is 48.2. The molecule has 14 heteroatoms. The number of hydrazine groups is 1. The molecule has 0 fully saturated rings. The first-order valence-corrected chi connectivity index (χ1v) is 43.0. The fourth-order valence-electron chi connectivity index (χ4n) is 8.73. The van der Waals surface area contributed by atoms with E-state index < -0.39 is 50.4 Å². The third-order valence-corrected chi connectivity index (χ3v) is 31.2. The molecule has 0 aliphatic rings.